The summed E-state index contributed by atoms with van der Waals surface area (Å²) in [5.41, 5.74) is 1.40. The first-order valence-electron chi connectivity index (χ1n) is 9.10. The van der Waals surface area contributed by atoms with Gasteiger partial charge in [0.2, 0.25) is 0 Å². The Labute approximate surface area is 197 Å². The molecule has 4 heteroatoms. The van der Waals surface area contributed by atoms with Crippen molar-refractivity contribution >= 4 is 23.2 Å². The molecule has 0 nitrogen and oxygen atoms in total. The Bertz CT molecular complexity index is 852. The average Bonchev–Trinajstić information content (AvgIpc) is 2.75. The summed E-state index contributed by atoms with van der Waals surface area (Å²) in [6.07, 6.45) is 1.06. The number of benzene rings is 4. The molecule has 4 aromatic carbocycles. The van der Waals surface area contributed by atoms with E-state index in [1.807, 2.05) is 0 Å². The topological polar surface area (TPSA) is 0 Å². The molecule has 1 radical (unpaired) electrons. The quantitative estimate of drug-likeness (QED) is 0.252. The molecule has 4 aromatic rings. The Morgan fingerprint density at radius 1 is 0.414 bits per heavy atom. The van der Waals surface area contributed by atoms with Crippen molar-refractivity contribution in [3.63, 3.8) is 0 Å². The Kier molecular flexibility index (Phi) is 10.7. The van der Waals surface area contributed by atoms with E-state index in [4.69, 9.17) is 0 Å². The van der Waals surface area contributed by atoms with Crippen molar-refractivity contribution in [2.75, 3.05) is 0 Å². The van der Waals surface area contributed by atoms with Crippen LogP contribution in [-0.4, -0.2) is 0 Å². The van der Waals surface area contributed by atoms with Crippen LogP contribution in [0.15, 0.2) is 121 Å². The first-order chi connectivity index (χ1) is 12.9. The average molecular weight is 480 g/mol. The van der Waals surface area contributed by atoms with Crippen molar-refractivity contribution in [1.82, 2.24) is 0 Å². The summed E-state index contributed by atoms with van der Waals surface area (Å²) >= 11 is 0. The van der Waals surface area contributed by atoms with Crippen molar-refractivity contribution < 1.29 is 41.9 Å². The summed E-state index contributed by atoms with van der Waals surface area (Å²) in [5.74, 6) is 0. The number of halogens is 2. The summed E-state index contributed by atoms with van der Waals surface area (Å²) < 4.78 is 0. The van der Waals surface area contributed by atoms with E-state index in [0.29, 0.717) is 0 Å². The zero-order valence-corrected chi connectivity index (χ0v) is 19.6. The first kappa shape index (κ1) is 25.4. The van der Waals surface area contributed by atoms with Gasteiger partial charge in [-0.3, -0.25) is 0 Å². The normalized spacial score (nSPS) is 10.6. The van der Waals surface area contributed by atoms with E-state index in [1.54, 1.807) is 0 Å². The van der Waals surface area contributed by atoms with E-state index >= 15 is 0 Å². The van der Waals surface area contributed by atoms with Crippen LogP contribution in [0.25, 0.3) is 0 Å². The molecule has 0 unspecified atom stereocenters. The second-order valence-electron chi connectivity index (χ2n) is 6.67. The maximum absolute atomic E-state index is 2.31. The molecule has 0 saturated heterocycles. The van der Waals surface area contributed by atoms with Crippen molar-refractivity contribution in [2.45, 2.75) is 6.16 Å². The van der Waals surface area contributed by atoms with Crippen LogP contribution in [0.4, 0.5) is 0 Å². The molecule has 0 aromatic heterocycles. The second kappa shape index (κ2) is 12.2. The van der Waals surface area contributed by atoms with Crippen molar-refractivity contribution in [2.24, 2.45) is 0 Å². The minimum absolute atomic E-state index is 0. The van der Waals surface area contributed by atoms with Gasteiger partial charge >= 0.3 is 173 Å². The molecule has 0 aliphatic carbocycles. The van der Waals surface area contributed by atoms with Crippen LogP contribution in [0, 0.1) is 0 Å². The van der Waals surface area contributed by atoms with E-state index in [9.17, 15) is 0 Å². The van der Waals surface area contributed by atoms with Gasteiger partial charge in [0.15, 0.2) is 0 Å². The Balaban J connectivity index is 0.00000140. The summed E-state index contributed by atoms with van der Waals surface area (Å²) in [6.45, 7) is 0. The summed E-state index contributed by atoms with van der Waals surface area (Å²) in [5, 5.41) is 4.38. The van der Waals surface area contributed by atoms with Crippen molar-refractivity contribution in [3.8, 4) is 0 Å². The Morgan fingerprint density at radius 3 is 1.00 bits per heavy atom. The van der Waals surface area contributed by atoms with Gasteiger partial charge in [0.05, 0.1) is 0 Å². The fourth-order valence-corrected chi connectivity index (χ4v) is 8.62. The van der Waals surface area contributed by atoms with Crippen LogP contribution in [0.3, 0.4) is 0 Å². The number of hydrogen-bond acceptors (Lipinski definition) is 0. The maximum atomic E-state index is 2.31. The molecule has 0 spiro atoms. The van der Waals surface area contributed by atoms with E-state index in [2.05, 4.69) is 121 Å². The first-order valence-corrected chi connectivity index (χ1v) is 11.3. The van der Waals surface area contributed by atoms with Crippen LogP contribution >= 0.6 is 7.26 Å². The van der Waals surface area contributed by atoms with E-state index < -0.39 is 7.26 Å². The van der Waals surface area contributed by atoms with Gasteiger partial charge in [0.25, 0.3) is 0 Å². The van der Waals surface area contributed by atoms with Crippen LogP contribution in [0.1, 0.15) is 5.56 Å². The van der Waals surface area contributed by atoms with Gasteiger partial charge in [0.1, 0.15) is 0 Å². The third-order valence-corrected chi connectivity index (χ3v) is 10.0. The predicted molar refractivity (Wildman–Crippen MR) is 117 cm³/mol. The molecule has 0 fully saturated rings. The van der Waals surface area contributed by atoms with Gasteiger partial charge < -0.3 is 24.8 Å². The van der Waals surface area contributed by atoms with Crippen molar-refractivity contribution in [3.05, 3.63) is 127 Å². The van der Waals surface area contributed by atoms with Gasteiger partial charge in [0, 0.05) is 0 Å². The summed E-state index contributed by atoms with van der Waals surface area (Å²) in [4.78, 5) is 0. The molecule has 0 aliphatic rings. The van der Waals surface area contributed by atoms with Crippen molar-refractivity contribution in [1.29, 1.82) is 0 Å². The van der Waals surface area contributed by atoms with Crippen LogP contribution < -0.4 is 40.7 Å². The van der Waals surface area contributed by atoms with Crippen LogP contribution in [-0.2, 0) is 23.2 Å². The number of hydrogen-bond donors (Lipinski definition) is 0. The van der Waals surface area contributed by atoms with E-state index in [0.717, 1.165) is 6.16 Å². The Morgan fingerprint density at radius 2 is 0.690 bits per heavy atom. The standard InChI is InChI=1S/C25H23P.2ClH.Mn/c1-5-13-22(14-6-1)21-26(23-15-7-2-8-16-23,24-17-9-3-10-18-24)25-19-11-4-12-20-25;;;/h1-20,26H,21H2;2*1H;/q;;;+2/p-2. The van der Waals surface area contributed by atoms with Gasteiger partial charge in [-0.05, 0) is 0 Å². The van der Waals surface area contributed by atoms with E-state index in [1.165, 1.54) is 21.5 Å². The second-order valence-corrected chi connectivity index (χ2v) is 10.6. The molecule has 0 aliphatic heterocycles. The zero-order chi connectivity index (χ0) is 17.7. The number of rotatable bonds is 5. The molecule has 0 atom stereocenters. The molecule has 0 saturated carbocycles. The molecule has 0 N–H and O–H groups in total. The predicted octanol–water partition coefficient (Wildman–Crippen LogP) is -1.08. The third kappa shape index (κ3) is 5.52. The fourth-order valence-electron chi connectivity index (χ4n) is 3.88. The van der Waals surface area contributed by atoms with Gasteiger partial charge in [-0.25, -0.2) is 0 Å². The van der Waals surface area contributed by atoms with Gasteiger partial charge in [-0.2, -0.15) is 0 Å². The molecule has 0 amide bonds. The third-order valence-electron chi connectivity index (χ3n) is 5.11. The summed E-state index contributed by atoms with van der Waals surface area (Å²) in [7, 11) is -2.16. The van der Waals surface area contributed by atoms with Crippen LogP contribution in [0.5, 0.6) is 0 Å². The Hall–Kier alpha value is -1.59. The van der Waals surface area contributed by atoms with Gasteiger partial charge in [-0.1, -0.05) is 0 Å². The summed E-state index contributed by atoms with van der Waals surface area (Å²) in [6, 6.07) is 44.2. The SMILES string of the molecule is [Cl-].[Cl-].[Mn+2].c1ccc(C[PH](c2ccccc2)(c2ccccc2)c2ccccc2)cc1. The molecule has 0 bridgehead atoms. The minimum atomic E-state index is -2.16. The van der Waals surface area contributed by atoms with Crippen LogP contribution in [0.2, 0.25) is 0 Å². The molecule has 149 valence electrons. The molecule has 0 heterocycles. The zero-order valence-electron chi connectivity index (χ0n) is 15.9. The monoisotopic (exact) mass is 479 g/mol. The van der Waals surface area contributed by atoms with Gasteiger partial charge in [-0.15, -0.1) is 0 Å². The molecule has 29 heavy (non-hydrogen) atoms. The molecular weight excluding hydrogens is 457 g/mol. The fraction of sp³-hybridized carbons (Fsp3) is 0.0400. The molecular formula is C25H23Cl2MnP. The van der Waals surface area contributed by atoms with E-state index in [-0.39, 0.29) is 41.9 Å². The molecule has 4 rings (SSSR count).